The number of carbonyl (C=O) groups is 1. The number of halogens is 1. The predicted octanol–water partition coefficient (Wildman–Crippen LogP) is 1.87. The van der Waals surface area contributed by atoms with E-state index in [0.717, 1.165) is 10.0 Å². The van der Waals surface area contributed by atoms with Gasteiger partial charge in [-0.1, -0.05) is 15.9 Å². The van der Waals surface area contributed by atoms with Gasteiger partial charge in [0.05, 0.1) is 6.10 Å². The van der Waals surface area contributed by atoms with Crippen LogP contribution in [0.1, 0.15) is 22.8 Å². The third kappa shape index (κ3) is 4.01. The van der Waals surface area contributed by atoms with Crippen molar-refractivity contribution in [3.63, 3.8) is 0 Å². The molecule has 0 aliphatic heterocycles. The van der Waals surface area contributed by atoms with Crippen molar-refractivity contribution in [3.8, 4) is 0 Å². The molecule has 0 aromatic heterocycles. The maximum Gasteiger partial charge on any atom is 0.251 e. The third-order valence-electron chi connectivity index (χ3n) is 1.86. The molecule has 0 bridgehead atoms. The first-order chi connectivity index (χ1) is 6.99. The highest BCUT2D eigenvalue weighted by Crippen LogP contribution is 2.15. The largest absolute Gasteiger partial charge is 0.392 e. The summed E-state index contributed by atoms with van der Waals surface area (Å²) in [6.45, 7) is 3.83. The van der Waals surface area contributed by atoms with Gasteiger partial charge in [0, 0.05) is 16.6 Å². The number of aliphatic hydroxyl groups excluding tert-OH is 1. The van der Waals surface area contributed by atoms with Crippen LogP contribution < -0.4 is 5.32 Å². The molecule has 2 N–H and O–H groups in total. The number of nitrogens with one attached hydrogen (secondary N) is 1. The second kappa shape index (κ2) is 5.28. The lowest BCUT2D eigenvalue weighted by molar-refractivity contribution is 0.0924. The van der Waals surface area contributed by atoms with Crippen LogP contribution in [0.25, 0.3) is 0 Å². The molecule has 1 aromatic rings. The standard InChI is InChI=1S/C11H14BrNO2/c1-7-3-9(5-10(12)4-7)11(15)13-6-8(2)14/h3-5,8,14H,6H2,1-2H3,(H,13,15)/t8-/m1/s1. The number of aliphatic hydroxyl groups is 1. The second-order valence-corrected chi connectivity index (χ2v) is 4.49. The van der Waals surface area contributed by atoms with E-state index in [1.165, 1.54) is 0 Å². The first-order valence-electron chi connectivity index (χ1n) is 4.72. The molecular weight excluding hydrogens is 258 g/mol. The number of amides is 1. The topological polar surface area (TPSA) is 49.3 Å². The van der Waals surface area contributed by atoms with Crippen molar-refractivity contribution < 1.29 is 9.90 Å². The Balaban J connectivity index is 2.73. The van der Waals surface area contributed by atoms with E-state index in [1.54, 1.807) is 13.0 Å². The van der Waals surface area contributed by atoms with Crippen LogP contribution in [0.4, 0.5) is 0 Å². The average molecular weight is 272 g/mol. The molecule has 4 heteroatoms. The molecule has 0 aliphatic rings. The van der Waals surface area contributed by atoms with E-state index in [9.17, 15) is 4.79 Å². The Morgan fingerprint density at radius 1 is 1.53 bits per heavy atom. The number of carbonyl (C=O) groups excluding carboxylic acids is 1. The van der Waals surface area contributed by atoms with E-state index >= 15 is 0 Å². The number of aryl methyl sites for hydroxylation is 1. The molecule has 1 aromatic carbocycles. The number of hydrogen-bond acceptors (Lipinski definition) is 2. The normalized spacial score (nSPS) is 12.3. The van der Waals surface area contributed by atoms with Crippen molar-refractivity contribution in [2.45, 2.75) is 20.0 Å². The predicted molar refractivity (Wildman–Crippen MR) is 62.9 cm³/mol. The highest BCUT2D eigenvalue weighted by atomic mass is 79.9. The Labute approximate surface area is 97.6 Å². The molecule has 0 saturated heterocycles. The first-order valence-corrected chi connectivity index (χ1v) is 5.52. The molecule has 0 saturated carbocycles. The van der Waals surface area contributed by atoms with Crippen molar-refractivity contribution in [1.29, 1.82) is 0 Å². The van der Waals surface area contributed by atoms with E-state index in [4.69, 9.17) is 5.11 Å². The smallest absolute Gasteiger partial charge is 0.251 e. The maximum atomic E-state index is 11.6. The Morgan fingerprint density at radius 2 is 2.20 bits per heavy atom. The SMILES string of the molecule is Cc1cc(Br)cc(C(=O)NC[C@@H](C)O)c1. The molecule has 0 radical (unpaired) electrons. The molecule has 0 spiro atoms. The summed E-state index contributed by atoms with van der Waals surface area (Å²) in [5, 5.41) is 11.7. The van der Waals surface area contributed by atoms with Gasteiger partial charge in [0.15, 0.2) is 0 Å². The van der Waals surface area contributed by atoms with E-state index in [0.29, 0.717) is 5.56 Å². The van der Waals surface area contributed by atoms with Gasteiger partial charge in [-0.3, -0.25) is 4.79 Å². The molecule has 0 unspecified atom stereocenters. The van der Waals surface area contributed by atoms with Gasteiger partial charge in [0.2, 0.25) is 0 Å². The van der Waals surface area contributed by atoms with E-state index in [1.807, 2.05) is 19.1 Å². The van der Waals surface area contributed by atoms with Gasteiger partial charge < -0.3 is 10.4 Å². The van der Waals surface area contributed by atoms with Gasteiger partial charge in [-0.25, -0.2) is 0 Å². The van der Waals surface area contributed by atoms with Crippen molar-refractivity contribution in [3.05, 3.63) is 33.8 Å². The van der Waals surface area contributed by atoms with Crippen LogP contribution in [0.15, 0.2) is 22.7 Å². The number of benzene rings is 1. The zero-order valence-corrected chi connectivity index (χ0v) is 10.3. The molecule has 15 heavy (non-hydrogen) atoms. The van der Waals surface area contributed by atoms with Crippen molar-refractivity contribution in [2.75, 3.05) is 6.54 Å². The summed E-state index contributed by atoms with van der Waals surface area (Å²) in [5.41, 5.74) is 1.62. The van der Waals surface area contributed by atoms with Gasteiger partial charge in [0.25, 0.3) is 5.91 Å². The lowest BCUT2D eigenvalue weighted by Gasteiger charge is -2.08. The molecule has 1 rings (SSSR count). The average Bonchev–Trinajstić information content (AvgIpc) is 2.12. The van der Waals surface area contributed by atoms with Gasteiger partial charge >= 0.3 is 0 Å². The first kappa shape index (κ1) is 12.2. The second-order valence-electron chi connectivity index (χ2n) is 3.58. The minimum absolute atomic E-state index is 0.166. The lowest BCUT2D eigenvalue weighted by Crippen LogP contribution is -2.30. The van der Waals surface area contributed by atoms with Crippen molar-refractivity contribution in [2.24, 2.45) is 0 Å². The highest BCUT2D eigenvalue weighted by molar-refractivity contribution is 9.10. The number of rotatable bonds is 3. The van der Waals surface area contributed by atoms with Crippen molar-refractivity contribution in [1.82, 2.24) is 5.32 Å². The summed E-state index contributed by atoms with van der Waals surface area (Å²) in [5.74, 6) is -0.166. The van der Waals surface area contributed by atoms with E-state index in [-0.39, 0.29) is 12.5 Å². The van der Waals surface area contributed by atoms with Gasteiger partial charge in [-0.2, -0.15) is 0 Å². The summed E-state index contributed by atoms with van der Waals surface area (Å²) in [6, 6.07) is 5.50. The monoisotopic (exact) mass is 271 g/mol. The van der Waals surface area contributed by atoms with Gasteiger partial charge in [0.1, 0.15) is 0 Å². The summed E-state index contributed by atoms with van der Waals surface area (Å²) < 4.78 is 0.879. The van der Waals surface area contributed by atoms with Crippen LogP contribution in [0.3, 0.4) is 0 Å². The molecule has 3 nitrogen and oxygen atoms in total. The Morgan fingerprint density at radius 3 is 2.73 bits per heavy atom. The summed E-state index contributed by atoms with van der Waals surface area (Å²) in [7, 11) is 0. The van der Waals surface area contributed by atoms with Crippen LogP contribution in [-0.4, -0.2) is 23.7 Å². The Kier molecular flexibility index (Phi) is 4.29. The zero-order chi connectivity index (χ0) is 11.4. The minimum atomic E-state index is -0.526. The highest BCUT2D eigenvalue weighted by Gasteiger charge is 2.07. The van der Waals surface area contributed by atoms with Crippen LogP contribution in [0, 0.1) is 6.92 Å². The fraction of sp³-hybridized carbons (Fsp3) is 0.364. The summed E-state index contributed by atoms with van der Waals surface area (Å²) >= 11 is 3.33. The Hall–Kier alpha value is -0.870. The van der Waals surface area contributed by atoms with Gasteiger partial charge in [-0.15, -0.1) is 0 Å². The molecular formula is C11H14BrNO2. The molecule has 1 amide bonds. The fourth-order valence-electron chi connectivity index (χ4n) is 1.21. The van der Waals surface area contributed by atoms with E-state index < -0.39 is 6.10 Å². The maximum absolute atomic E-state index is 11.6. The molecule has 82 valence electrons. The number of hydrogen-bond donors (Lipinski definition) is 2. The summed E-state index contributed by atoms with van der Waals surface area (Å²) in [6.07, 6.45) is -0.526. The van der Waals surface area contributed by atoms with Crippen LogP contribution in [0.5, 0.6) is 0 Å². The zero-order valence-electron chi connectivity index (χ0n) is 8.75. The summed E-state index contributed by atoms with van der Waals surface area (Å²) in [4.78, 5) is 11.6. The van der Waals surface area contributed by atoms with Crippen molar-refractivity contribution >= 4 is 21.8 Å². The van der Waals surface area contributed by atoms with Gasteiger partial charge in [-0.05, 0) is 37.6 Å². The third-order valence-corrected chi connectivity index (χ3v) is 2.32. The van der Waals surface area contributed by atoms with Crippen LogP contribution in [0.2, 0.25) is 0 Å². The molecule has 0 fully saturated rings. The van der Waals surface area contributed by atoms with E-state index in [2.05, 4.69) is 21.2 Å². The Bertz CT molecular complexity index is 343. The quantitative estimate of drug-likeness (QED) is 0.882. The van der Waals surface area contributed by atoms with Crippen LogP contribution in [-0.2, 0) is 0 Å². The fourth-order valence-corrected chi connectivity index (χ4v) is 1.82. The minimum Gasteiger partial charge on any atom is -0.392 e. The molecule has 1 atom stereocenters. The molecule has 0 aliphatic carbocycles. The van der Waals surface area contributed by atoms with Crippen LogP contribution >= 0.6 is 15.9 Å². The molecule has 0 heterocycles. The lowest BCUT2D eigenvalue weighted by atomic mass is 10.1.